The summed E-state index contributed by atoms with van der Waals surface area (Å²) in [5, 5.41) is 0. The van der Waals surface area contributed by atoms with Gasteiger partial charge in [0, 0.05) is 0 Å². The van der Waals surface area contributed by atoms with Gasteiger partial charge in [-0.25, -0.2) is 5.43 Å². The highest BCUT2D eigenvalue weighted by atomic mass is 35.5. The quantitative estimate of drug-likeness (QED) is 0.169. The Labute approximate surface area is 46.7 Å². The molecule has 0 saturated carbocycles. The molecule has 0 aliphatic carbocycles. The van der Waals surface area contributed by atoms with Crippen LogP contribution in [0.25, 0.3) is 0 Å². The summed E-state index contributed by atoms with van der Waals surface area (Å²) in [6.07, 6.45) is 0.145. The van der Waals surface area contributed by atoms with Crippen molar-refractivity contribution in [3.63, 3.8) is 0 Å². The minimum absolute atomic E-state index is 0.145. The summed E-state index contributed by atoms with van der Waals surface area (Å²) in [6.45, 7) is 0.734. The highest BCUT2D eigenvalue weighted by Crippen LogP contribution is 2.15. The van der Waals surface area contributed by atoms with Crippen molar-refractivity contribution < 1.29 is 4.74 Å². The number of hydrogen-bond acceptors (Lipinski definition) is 3. The number of nitrogens with two attached hydrogens (primary N) is 1. The lowest BCUT2D eigenvalue weighted by Gasteiger charge is -1.99. The first-order valence-electron chi connectivity index (χ1n) is 2.06. The summed E-state index contributed by atoms with van der Waals surface area (Å²) in [5.74, 6) is 4.95. The molecular formula is C3H7ClN2O. The van der Waals surface area contributed by atoms with E-state index in [1.165, 1.54) is 0 Å². The summed E-state index contributed by atoms with van der Waals surface area (Å²) in [5.41, 5.74) is 2.16. The maximum atomic E-state index is 5.50. The van der Waals surface area contributed by atoms with Crippen LogP contribution in [-0.4, -0.2) is 18.2 Å². The van der Waals surface area contributed by atoms with Crippen LogP contribution >= 0.6 is 11.6 Å². The highest BCUT2D eigenvalue weighted by Gasteiger charge is 2.30. The normalized spacial score (nSPS) is 32.6. The molecule has 7 heavy (non-hydrogen) atoms. The van der Waals surface area contributed by atoms with Crippen molar-refractivity contribution >= 4 is 11.6 Å². The maximum Gasteiger partial charge on any atom is 0.123 e. The summed E-state index contributed by atoms with van der Waals surface area (Å²) in [6, 6.07) is 0. The number of alkyl halides is 1. The molecule has 3 nitrogen and oxygen atoms in total. The van der Waals surface area contributed by atoms with Crippen LogP contribution in [0.1, 0.15) is 0 Å². The standard InChI is InChI=1S/C3H7ClN2O/c4-3(6-5)2-1-7-2/h2-3,6H,1,5H2. The first-order valence-corrected chi connectivity index (χ1v) is 2.50. The molecule has 1 saturated heterocycles. The van der Waals surface area contributed by atoms with E-state index >= 15 is 0 Å². The fraction of sp³-hybridized carbons (Fsp3) is 1.00. The number of nitrogens with one attached hydrogen (secondary N) is 1. The molecule has 1 heterocycles. The average Bonchev–Trinajstić information content (AvgIpc) is 2.44. The lowest BCUT2D eigenvalue weighted by molar-refractivity contribution is 0.384. The van der Waals surface area contributed by atoms with E-state index in [1.54, 1.807) is 0 Å². The Balaban J connectivity index is 2.10. The van der Waals surface area contributed by atoms with Gasteiger partial charge in [-0.05, 0) is 0 Å². The Morgan fingerprint density at radius 1 is 2.00 bits per heavy atom. The first kappa shape index (κ1) is 5.31. The lowest BCUT2D eigenvalue weighted by Crippen LogP contribution is -2.34. The number of rotatable bonds is 2. The summed E-state index contributed by atoms with van der Waals surface area (Å²) in [7, 11) is 0. The molecule has 42 valence electrons. The molecular weight excluding hydrogens is 115 g/mol. The van der Waals surface area contributed by atoms with Gasteiger partial charge < -0.3 is 4.74 Å². The van der Waals surface area contributed by atoms with E-state index in [9.17, 15) is 0 Å². The Morgan fingerprint density at radius 2 is 2.57 bits per heavy atom. The van der Waals surface area contributed by atoms with Crippen LogP contribution in [0.3, 0.4) is 0 Å². The Hall–Kier alpha value is 0.170. The fourth-order valence-corrected chi connectivity index (χ4v) is 0.477. The van der Waals surface area contributed by atoms with E-state index in [0.29, 0.717) is 0 Å². The number of halogens is 1. The van der Waals surface area contributed by atoms with Crippen molar-refractivity contribution in [1.29, 1.82) is 0 Å². The SMILES string of the molecule is NNC(Cl)C1CO1. The molecule has 0 spiro atoms. The van der Waals surface area contributed by atoms with Gasteiger partial charge >= 0.3 is 0 Å². The second-order valence-corrected chi connectivity index (χ2v) is 1.91. The van der Waals surface area contributed by atoms with Gasteiger partial charge in [-0.3, -0.25) is 5.84 Å². The molecule has 0 radical (unpaired) electrons. The van der Waals surface area contributed by atoms with Gasteiger partial charge in [-0.1, -0.05) is 0 Å². The van der Waals surface area contributed by atoms with Crippen LogP contribution < -0.4 is 11.3 Å². The Morgan fingerprint density at radius 3 is 2.71 bits per heavy atom. The van der Waals surface area contributed by atoms with E-state index in [1.807, 2.05) is 0 Å². The summed E-state index contributed by atoms with van der Waals surface area (Å²) >= 11 is 5.50. The topological polar surface area (TPSA) is 50.6 Å². The summed E-state index contributed by atoms with van der Waals surface area (Å²) < 4.78 is 4.79. The molecule has 0 aromatic carbocycles. The van der Waals surface area contributed by atoms with Crippen molar-refractivity contribution in [2.24, 2.45) is 5.84 Å². The fourth-order valence-electron chi connectivity index (χ4n) is 0.332. The largest absolute Gasteiger partial charge is 0.370 e. The lowest BCUT2D eigenvalue weighted by atomic mass is 10.5. The molecule has 1 fully saturated rings. The Kier molecular flexibility index (Phi) is 1.49. The van der Waals surface area contributed by atoms with Crippen LogP contribution in [0, 0.1) is 0 Å². The van der Waals surface area contributed by atoms with E-state index in [2.05, 4.69) is 5.43 Å². The van der Waals surface area contributed by atoms with Gasteiger partial charge in [0.1, 0.15) is 11.6 Å². The maximum absolute atomic E-state index is 5.50. The van der Waals surface area contributed by atoms with Gasteiger partial charge in [0.25, 0.3) is 0 Å². The molecule has 0 aromatic heterocycles. The van der Waals surface area contributed by atoms with Gasteiger partial charge in [-0.15, -0.1) is 11.6 Å². The van der Waals surface area contributed by atoms with Crippen molar-refractivity contribution in [2.75, 3.05) is 6.61 Å². The molecule has 2 atom stereocenters. The van der Waals surface area contributed by atoms with Crippen LogP contribution in [0.2, 0.25) is 0 Å². The van der Waals surface area contributed by atoms with Gasteiger partial charge in [-0.2, -0.15) is 0 Å². The van der Waals surface area contributed by atoms with Crippen LogP contribution in [0.4, 0.5) is 0 Å². The first-order chi connectivity index (χ1) is 3.34. The van der Waals surface area contributed by atoms with E-state index < -0.39 is 0 Å². The molecule has 1 aliphatic heterocycles. The smallest absolute Gasteiger partial charge is 0.123 e. The molecule has 0 amide bonds. The molecule has 0 bridgehead atoms. The highest BCUT2D eigenvalue weighted by molar-refractivity contribution is 6.20. The predicted octanol–water partition coefficient (Wildman–Crippen LogP) is -0.587. The number of hydrogen-bond donors (Lipinski definition) is 2. The van der Waals surface area contributed by atoms with Gasteiger partial charge in [0.15, 0.2) is 0 Å². The monoisotopic (exact) mass is 122 g/mol. The Bertz CT molecular complexity index is 66.0. The van der Waals surface area contributed by atoms with Crippen molar-refractivity contribution in [3.8, 4) is 0 Å². The molecule has 3 N–H and O–H groups in total. The van der Waals surface area contributed by atoms with Crippen molar-refractivity contribution in [3.05, 3.63) is 0 Å². The van der Waals surface area contributed by atoms with E-state index in [-0.39, 0.29) is 11.6 Å². The number of ether oxygens (including phenoxy) is 1. The van der Waals surface area contributed by atoms with Crippen molar-refractivity contribution in [2.45, 2.75) is 11.6 Å². The van der Waals surface area contributed by atoms with Crippen LogP contribution in [0.15, 0.2) is 0 Å². The third kappa shape index (κ3) is 1.28. The molecule has 4 heteroatoms. The predicted molar refractivity (Wildman–Crippen MR) is 26.7 cm³/mol. The molecule has 2 unspecified atom stereocenters. The zero-order valence-electron chi connectivity index (χ0n) is 3.73. The van der Waals surface area contributed by atoms with Gasteiger partial charge in [0.2, 0.25) is 0 Å². The molecule has 0 aromatic rings. The van der Waals surface area contributed by atoms with Crippen molar-refractivity contribution in [1.82, 2.24) is 5.43 Å². The van der Waals surface area contributed by atoms with E-state index in [4.69, 9.17) is 22.2 Å². The van der Waals surface area contributed by atoms with Gasteiger partial charge in [0.05, 0.1) is 6.61 Å². The second kappa shape index (κ2) is 1.96. The number of hydrazine groups is 1. The van der Waals surface area contributed by atoms with Crippen LogP contribution in [-0.2, 0) is 4.74 Å². The zero-order chi connectivity index (χ0) is 5.28. The molecule has 1 rings (SSSR count). The van der Waals surface area contributed by atoms with E-state index in [0.717, 1.165) is 6.61 Å². The van der Waals surface area contributed by atoms with Crippen LogP contribution in [0.5, 0.6) is 0 Å². The third-order valence-corrected chi connectivity index (χ3v) is 1.25. The third-order valence-electron chi connectivity index (χ3n) is 0.845. The zero-order valence-corrected chi connectivity index (χ0v) is 4.48. The minimum atomic E-state index is -0.208. The summed E-state index contributed by atoms with van der Waals surface area (Å²) in [4.78, 5) is 0. The minimum Gasteiger partial charge on any atom is -0.370 e. The second-order valence-electron chi connectivity index (χ2n) is 1.44. The average molecular weight is 123 g/mol. The number of epoxide rings is 1. The molecule has 1 aliphatic rings.